The second-order valence-electron chi connectivity index (χ2n) is 6.81. The van der Waals surface area contributed by atoms with Gasteiger partial charge in [-0.1, -0.05) is 29.8 Å². The van der Waals surface area contributed by atoms with Crippen molar-refractivity contribution in [2.45, 2.75) is 20.1 Å². The minimum Gasteiger partial charge on any atom is -0.438 e. The molecule has 14 heteroatoms. The molecule has 2 aromatic heterocycles. The molecule has 3 N–H and O–H groups in total. The number of fused-ring (bicyclic) bond motifs is 1. The summed E-state index contributed by atoms with van der Waals surface area (Å²) in [6.07, 6.45) is 0.0190. The van der Waals surface area contributed by atoms with Gasteiger partial charge in [0, 0.05) is 6.54 Å². The van der Waals surface area contributed by atoms with Crippen LogP contribution in [0.5, 0.6) is 0 Å². The van der Waals surface area contributed by atoms with E-state index in [-0.39, 0.29) is 31.2 Å². The zero-order chi connectivity index (χ0) is 23.8. The number of hydrogen-bond donors (Lipinski definition) is 2. The predicted molar refractivity (Wildman–Crippen MR) is 116 cm³/mol. The summed E-state index contributed by atoms with van der Waals surface area (Å²) in [5, 5.41) is 0. The van der Waals surface area contributed by atoms with Crippen LogP contribution < -0.4 is 11.3 Å². The van der Waals surface area contributed by atoms with Gasteiger partial charge in [0.1, 0.15) is 6.35 Å². The lowest BCUT2D eigenvalue weighted by Crippen LogP contribution is -2.14. The predicted octanol–water partition coefficient (Wildman–Crippen LogP) is 2.15. The van der Waals surface area contributed by atoms with Crippen molar-refractivity contribution in [1.29, 1.82) is 0 Å². The van der Waals surface area contributed by atoms with E-state index in [0.717, 1.165) is 18.2 Å². The normalized spacial score (nSPS) is 13.0. The molecule has 1 unspecified atom stereocenters. The Hall–Kier alpha value is -3.25. The lowest BCUT2D eigenvalue weighted by molar-refractivity contribution is 0.00268. The van der Waals surface area contributed by atoms with Gasteiger partial charge in [-0.3, -0.25) is 18.9 Å². The number of H-pyrrole nitrogens is 1. The maximum Gasteiger partial charge on any atom is 0.510 e. The largest absolute Gasteiger partial charge is 0.510 e. The van der Waals surface area contributed by atoms with Gasteiger partial charge in [0.05, 0.1) is 26.7 Å². The molecule has 0 amide bonds. The van der Waals surface area contributed by atoms with E-state index in [0.29, 0.717) is 5.65 Å². The van der Waals surface area contributed by atoms with Gasteiger partial charge < -0.3 is 29.0 Å². The summed E-state index contributed by atoms with van der Waals surface area (Å²) in [6.45, 7) is 1.61. The highest BCUT2D eigenvalue weighted by molar-refractivity contribution is 7.53. The molecule has 13 nitrogen and oxygen atoms in total. The number of nitrogens with zero attached hydrogens (tertiary/aromatic N) is 3. The summed E-state index contributed by atoms with van der Waals surface area (Å²) in [7, 11) is -2.67. The molecule has 0 saturated heterocycles. The Bertz CT molecular complexity index is 1190. The van der Waals surface area contributed by atoms with Crippen molar-refractivity contribution in [3.63, 3.8) is 0 Å². The first-order valence-electron chi connectivity index (χ1n) is 9.72. The molecule has 0 saturated carbocycles. The number of hydrogen-bond acceptors (Lipinski definition) is 11. The fraction of sp³-hybridized carbons (Fsp3) is 0.368. The third-order valence-corrected chi connectivity index (χ3v) is 5.88. The molecule has 0 aliphatic carbocycles. The van der Waals surface area contributed by atoms with Crippen molar-refractivity contribution in [3.05, 3.63) is 52.1 Å². The first kappa shape index (κ1) is 24.4. The zero-order valence-electron chi connectivity index (χ0n) is 18.1. The first-order chi connectivity index (χ1) is 15.8. The summed E-state index contributed by atoms with van der Waals surface area (Å²) < 4.78 is 39.8. The molecule has 0 aliphatic rings. The topological polar surface area (TPSA) is 170 Å². The van der Waals surface area contributed by atoms with E-state index >= 15 is 0 Å². The molecule has 0 aliphatic heterocycles. The van der Waals surface area contributed by atoms with Crippen molar-refractivity contribution < 1.29 is 32.6 Å². The maximum absolute atomic E-state index is 13.1. The number of nitrogens with two attached hydrogens (primary N) is 1. The van der Waals surface area contributed by atoms with Gasteiger partial charge in [0.2, 0.25) is 12.7 Å². The lowest BCUT2D eigenvalue weighted by Gasteiger charge is -2.18. The van der Waals surface area contributed by atoms with Crippen LogP contribution in [0.4, 0.5) is 10.7 Å². The number of carbonyl (C=O) groups excluding carboxylic acids is 1. The van der Waals surface area contributed by atoms with E-state index in [1.807, 2.05) is 31.2 Å². The number of aromatic amines is 1. The summed E-state index contributed by atoms with van der Waals surface area (Å²) in [6, 6.07) is 7.44. The second kappa shape index (κ2) is 11.1. The van der Waals surface area contributed by atoms with Crippen molar-refractivity contribution in [2.24, 2.45) is 0 Å². The Kier molecular flexibility index (Phi) is 8.17. The Morgan fingerprint density at radius 2 is 2.00 bits per heavy atom. The number of ether oxygens (including phenoxy) is 3. The van der Waals surface area contributed by atoms with E-state index in [4.69, 9.17) is 19.5 Å². The minimum absolute atomic E-state index is 0.00270. The summed E-state index contributed by atoms with van der Waals surface area (Å²) in [5.41, 5.74) is 7.40. The molecule has 3 aromatic rings. The number of benzene rings is 1. The van der Waals surface area contributed by atoms with Crippen LogP contribution in [0.1, 0.15) is 11.1 Å². The number of carbonyl (C=O) groups is 1. The van der Waals surface area contributed by atoms with Crippen LogP contribution in [0.25, 0.3) is 11.2 Å². The van der Waals surface area contributed by atoms with Crippen LogP contribution in [-0.4, -0.2) is 52.5 Å². The van der Waals surface area contributed by atoms with Crippen molar-refractivity contribution in [1.82, 2.24) is 19.5 Å². The Morgan fingerprint density at radius 1 is 1.24 bits per heavy atom. The summed E-state index contributed by atoms with van der Waals surface area (Å²) >= 11 is 0. The van der Waals surface area contributed by atoms with Gasteiger partial charge >= 0.3 is 13.8 Å². The van der Waals surface area contributed by atoms with Crippen LogP contribution in [0.15, 0.2) is 35.4 Å². The number of imidazole rings is 1. The lowest BCUT2D eigenvalue weighted by atomic mass is 10.2. The SMILES string of the molecule is COC(=O)OCOP(=O)(COCCn1cnc2c(=O)[nH]c(N)nc21)OCc1ccc(C)cc1. The molecule has 0 fully saturated rings. The van der Waals surface area contributed by atoms with Gasteiger partial charge in [0.15, 0.2) is 11.2 Å². The van der Waals surface area contributed by atoms with Gasteiger partial charge in [-0.25, -0.2) is 9.78 Å². The Balaban J connectivity index is 1.59. The number of nitrogens with one attached hydrogen (secondary N) is 1. The molecule has 33 heavy (non-hydrogen) atoms. The molecule has 0 bridgehead atoms. The van der Waals surface area contributed by atoms with Crippen LogP contribution in [0, 0.1) is 6.92 Å². The van der Waals surface area contributed by atoms with Crippen molar-refractivity contribution in [3.8, 4) is 0 Å². The van der Waals surface area contributed by atoms with Crippen LogP contribution in [-0.2, 0) is 41.0 Å². The standard InChI is InChI=1S/C19H24N5O8P/c1-13-3-5-14(6-4-13)9-31-33(27,32-11-30-19(26)28-2)12-29-8-7-24-10-21-15-16(24)22-18(20)23-17(15)25/h3-6,10H,7-9,11-12H2,1-2H3,(H3,20,22,23,25). The van der Waals surface area contributed by atoms with Gasteiger partial charge in [-0.05, 0) is 12.5 Å². The van der Waals surface area contributed by atoms with Gasteiger partial charge in [-0.2, -0.15) is 4.98 Å². The van der Waals surface area contributed by atoms with Crippen LogP contribution in [0.2, 0.25) is 0 Å². The molecule has 0 radical (unpaired) electrons. The van der Waals surface area contributed by atoms with E-state index < -0.39 is 32.5 Å². The third kappa shape index (κ3) is 6.86. The fourth-order valence-electron chi connectivity index (χ4n) is 2.66. The average Bonchev–Trinajstić information content (AvgIpc) is 3.19. The number of nitrogen functional groups attached to an aromatic ring is 1. The molecule has 2 heterocycles. The van der Waals surface area contributed by atoms with E-state index in [1.165, 1.54) is 6.33 Å². The third-order valence-electron chi connectivity index (χ3n) is 4.36. The molecule has 0 spiro atoms. The highest BCUT2D eigenvalue weighted by Gasteiger charge is 2.26. The number of anilines is 1. The molecule has 3 rings (SSSR count). The second-order valence-corrected chi connectivity index (χ2v) is 8.81. The van der Waals surface area contributed by atoms with Gasteiger partial charge in [0.25, 0.3) is 5.56 Å². The van der Waals surface area contributed by atoms with Crippen molar-refractivity contribution in [2.75, 3.05) is 32.6 Å². The van der Waals surface area contributed by atoms with E-state index in [2.05, 4.69) is 24.4 Å². The fourth-order valence-corrected chi connectivity index (χ4v) is 3.79. The molecular weight excluding hydrogens is 457 g/mol. The average molecular weight is 481 g/mol. The maximum atomic E-state index is 13.1. The molecule has 1 aromatic carbocycles. The Labute approximate surface area is 188 Å². The molecule has 178 valence electrons. The number of methoxy groups -OCH3 is 1. The van der Waals surface area contributed by atoms with E-state index in [9.17, 15) is 14.2 Å². The van der Waals surface area contributed by atoms with Crippen LogP contribution in [0.3, 0.4) is 0 Å². The van der Waals surface area contributed by atoms with E-state index in [1.54, 1.807) is 4.57 Å². The summed E-state index contributed by atoms with van der Waals surface area (Å²) in [5.74, 6) is -0.0387. The number of rotatable bonds is 11. The number of aromatic nitrogens is 4. The number of aryl methyl sites for hydroxylation is 1. The quantitative estimate of drug-likeness (QED) is 0.178. The van der Waals surface area contributed by atoms with Crippen molar-refractivity contribution >= 4 is 30.9 Å². The van der Waals surface area contributed by atoms with Gasteiger partial charge in [-0.15, -0.1) is 0 Å². The smallest absolute Gasteiger partial charge is 0.438 e. The Morgan fingerprint density at radius 3 is 2.73 bits per heavy atom. The molecule has 1 atom stereocenters. The first-order valence-corrected chi connectivity index (χ1v) is 11.5. The molecular formula is C19H24N5O8P. The highest BCUT2D eigenvalue weighted by Crippen LogP contribution is 2.48. The monoisotopic (exact) mass is 481 g/mol. The highest BCUT2D eigenvalue weighted by atomic mass is 31.2. The zero-order valence-corrected chi connectivity index (χ0v) is 18.9. The summed E-state index contributed by atoms with van der Waals surface area (Å²) in [4.78, 5) is 33.4. The minimum atomic E-state index is -3.80. The van der Waals surface area contributed by atoms with Crippen LogP contribution >= 0.6 is 7.60 Å².